The molecule has 1 aromatic carbocycles. The second kappa shape index (κ2) is 7.09. The first kappa shape index (κ1) is 15.3. The van der Waals surface area contributed by atoms with Gasteiger partial charge in [-0.2, -0.15) is 5.10 Å². The fourth-order valence-electron chi connectivity index (χ4n) is 2.89. The van der Waals surface area contributed by atoms with E-state index >= 15 is 0 Å². The maximum absolute atomic E-state index is 12.2. The van der Waals surface area contributed by atoms with E-state index in [-0.39, 0.29) is 11.6 Å². The molecule has 0 saturated carbocycles. The molecule has 1 fully saturated rings. The molecule has 0 spiro atoms. The number of carbonyl (C=O) groups is 1. The zero-order valence-corrected chi connectivity index (χ0v) is 12.9. The Labute approximate surface area is 134 Å². The minimum Gasteiger partial charge on any atom is -0.324 e. The van der Waals surface area contributed by atoms with Gasteiger partial charge in [0.2, 0.25) is 0 Å². The summed E-state index contributed by atoms with van der Waals surface area (Å²) in [6.07, 6.45) is 3.07. The van der Waals surface area contributed by atoms with E-state index in [1.165, 1.54) is 17.7 Å². The summed E-state index contributed by atoms with van der Waals surface area (Å²) in [5.41, 5.74) is 1.07. The van der Waals surface area contributed by atoms with Crippen LogP contribution in [-0.2, 0) is 6.42 Å². The number of rotatable bonds is 3. The summed E-state index contributed by atoms with van der Waals surface area (Å²) in [6, 6.07) is 13.1. The highest BCUT2D eigenvalue weighted by molar-refractivity contribution is 5.88. The van der Waals surface area contributed by atoms with Gasteiger partial charge in [-0.25, -0.2) is 9.89 Å². The Morgan fingerprint density at radius 3 is 2.57 bits per heavy atom. The van der Waals surface area contributed by atoms with E-state index in [0.717, 1.165) is 32.4 Å². The second-order valence-corrected chi connectivity index (χ2v) is 5.86. The predicted molar refractivity (Wildman–Crippen MR) is 88.3 cm³/mol. The van der Waals surface area contributed by atoms with Crippen molar-refractivity contribution in [2.75, 3.05) is 18.4 Å². The highest BCUT2D eigenvalue weighted by atomic mass is 16.2. The number of nitrogens with zero attached hydrogens (tertiary/aromatic N) is 2. The van der Waals surface area contributed by atoms with Crippen LogP contribution in [0.2, 0.25) is 0 Å². The number of H-pyrrole nitrogens is 1. The molecular weight excluding hydrogens is 292 g/mol. The SMILES string of the molecule is O=C(Nc1ccc(=O)[nH]n1)N1CCC(Cc2ccccc2)CC1. The van der Waals surface area contributed by atoms with Gasteiger partial charge < -0.3 is 4.90 Å². The highest BCUT2D eigenvalue weighted by Gasteiger charge is 2.23. The number of carbonyl (C=O) groups excluding carboxylic acids is 1. The molecule has 1 saturated heterocycles. The van der Waals surface area contributed by atoms with Gasteiger partial charge >= 0.3 is 6.03 Å². The Morgan fingerprint density at radius 2 is 1.91 bits per heavy atom. The molecule has 0 unspecified atom stereocenters. The van der Waals surface area contributed by atoms with E-state index in [4.69, 9.17) is 0 Å². The van der Waals surface area contributed by atoms with Crippen molar-refractivity contribution in [3.05, 3.63) is 58.4 Å². The Kier molecular flexibility index (Phi) is 4.71. The molecule has 0 atom stereocenters. The predicted octanol–water partition coefficient (Wildman–Crippen LogP) is 2.26. The van der Waals surface area contributed by atoms with Crippen molar-refractivity contribution in [2.24, 2.45) is 5.92 Å². The Balaban J connectivity index is 1.49. The topological polar surface area (TPSA) is 78.1 Å². The van der Waals surface area contributed by atoms with Crippen LogP contribution in [0.3, 0.4) is 0 Å². The molecule has 2 N–H and O–H groups in total. The third-order valence-electron chi connectivity index (χ3n) is 4.18. The Bertz CT molecular complexity index is 686. The molecule has 1 aromatic heterocycles. The number of nitrogens with one attached hydrogen (secondary N) is 2. The van der Waals surface area contributed by atoms with Gasteiger partial charge in [0, 0.05) is 19.2 Å². The van der Waals surface area contributed by atoms with Crippen molar-refractivity contribution >= 4 is 11.8 Å². The van der Waals surface area contributed by atoms with Crippen molar-refractivity contribution in [1.29, 1.82) is 0 Å². The van der Waals surface area contributed by atoms with Gasteiger partial charge in [-0.1, -0.05) is 30.3 Å². The van der Waals surface area contributed by atoms with Gasteiger partial charge in [0.15, 0.2) is 5.82 Å². The van der Waals surface area contributed by atoms with Crippen LogP contribution in [-0.4, -0.2) is 34.2 Å². The minimum absolute atomic E-state index is 0.164. The van der Waals surface area contributed by atoms with Gasteiger partial charge in [-0.15, -0.1) is 0 Å². The van der Waals surface area contributed by atoms with Crippen LogP contribution in [0.4, 0.5) is 10.6 Å². The molecule has 6 nitrogen and oxygen atoms in total. The van der Waals surface area contributed by atoms with Gasteiger partial charge in [-0.3, -0.25) is 10.1 Å². The number of anilines is 1. The quantitative estimate of drug-likeness (QED) is 0.912. The Hall–Kier alpha value is -2.63. The van der Waals surface area contributed by atoms with Crippen LogP contribution in [0, 0.1) is 5.92 Å². The average Bonchev–Trinajstić information content (AvgIpc) is 2.58. The lowest BCUT2D eigenvalue weighted by Gasteiger charge is -2.32. The van der Waals surface area contributed by atoms with E-state index in [2.05, 4.69) is 39.8 Å². The molecule has 2 aromatic rings. The molecule has 2 heterocycles. The molecular formula is C17H20N4O2. The standard InChI is InChI=1S/C17H20N4O2/c22-16-7-6-15(19-20-16)18-17(23)21-10-8-14(9-11-21)12-13-4-2-1-3-5-13/h1-7,14H,8-12H2,(H,20,22)(H,18,19,23). The van der Waals surface area contributed by atoms with E-state index in [9.17, 15) is 9.59 Å². The first-order chi connectivity index (χ1) is 11.2. The normalized spacial score (nSPS) is 15.4. The fraction of sp³-hybridized carbons (Fsp3) is 0.353. The summed E-state index contributed by atoms with van der Waals surface area (Å²) in [5.74, 6) is 0.980. The second-order valence-electron chi connectivity index (χ2n) is 5.86. The van der Waals surface area contributed by atoms with Crippen LogP contribution < -0.4 is 10.9 Å². The maximum Gasteiger partial charge on any atom is 0.323 e. The first-order valence-corrected chi connectivity index (χ1v) is 7.86. The fourth-order valence-corrected chi connectivity index (χ4v) is 2.89. The van der Waals surface area contributed by atoms with Gasteiger partial charge in [-0.05, 0) is 36.8 Å². The molecule has 1 aliphatic heterocycles. The van der Waals surface area contributed by atoms with Crippen LogP contribution in [0.5, 0.6) is 0 Å². The third-order valence-corrected chi connectivity index (χ3v) is 4.18. The molecule has 0 aliphatic carbocycles. The number of hydrogen-bond acceptors (Lipinski definition) is 3. The first-order valence-electron chi connectivity index (χ1n) is 7.86. The highest BCUT2D eigenvalue weighted by Crippen LogP contribution is 2.22. The summed E-state index contributed by atoms with van der Waals surface area (Å²) in [5, 5.41) is 8.80. The summed E-state index contributed by atoms with van der Waals surface area (Å²) >= 11 is 0. The van der Waals surface area contributed by atoms with E-state index < -0.39 is 0 Å². The molecule has 2 amide bonds. The number of aromatic nitrogens is 2. The third kappa shape index (κ3) is 4.18. The van der Waals surface area contributed by atoms with E-state index in [1.807, 2.05) is 6.07 Å². The van der Waals surface area contributed by atoms with Gasteiger partial charge in [0.1, 0.15) is 0 Å². The summed E-state index contributed by atoms with van der Waals surface area (Å²) in [7, 11) is 0. The average molecular weight is 312 g/mol. The zero-order valence-electron chi connectivity index (χ0n) is 12.9. The molecule has 3 rings (SSSR count). The molecule has 6 heteroatoms. The van der Waals surface area contributed by atoms with Crippen molar-refractivity contribution in [1.82, 2.24) is 15.1 Å². The molecule has 0 radical (unpaired) electrons. The van der Waals surface area contributed by atoms with E-state index in [0.29, 0.717) is 11.7 Å². The smallest absolute Gasteiger partial charge is 0.323 e. The zero-order chi connectivity index (χ0) is 16.1. The Morgan fingerprint density at radius 1 is 1.17 bits per heavy atom. The molecule has 0 bridgehead atoms. The number of benzene rings is 1. The van der Waals surface area contributed by atoms with Gasteiger partial charge in [0.05, 0.1) is 0 Å². The number of amides is 2. The molecule has 23 heavy (non-hydrogen) atoms. The molecule has 1 aliphatic rings. The van der Waals surface area contributed by atoms with Crippen LogP contribution in [0.1, 0.15) is 18.4 Å². The van der Waals surface area contributed by atoms with Crippen LogP contribution >= 0.6 is 0 Å². The van der Waals surface area contributed by atoms with Crippen molar-refractivity contribution < 1.29 is 4.79 Å². The lowest BCUT2D eigenvalue weighted by molar-refractivity contribution is 0.182. The van der Waals surface area contributed by atoms with Crippen molar-refractivity contribution in [3.63, 3.8) is 0 Å². The lowest BCUT2D eigenvalue weighted by Crippen LogP contribution is -2.41. The number of piperidine rings is 1. The summed E-state index contributed by atoms with van der Waals surface area (Å²) in [4.78, 5) is 25.0. The maximum atomic E-state index is 12.2. The summed E-state index contributed by atoms with van der Waals surface area (Å²) in [6.45, 7) is 1.49. The number of aromatic amines is 1. The summed E-state index contributed by atoms with van der Waals surface area (Å²) < 4.78 is 0. The number of hydrogen-bond donors (Lipinski definition) is 2. The van der Waals surface area contributed by atoms with Crippen LogP contribution in [0.25, 0.3) is 0 Å². The monoisotopic (exact) mass is 312 g/mol. The minimum atomic E-state index is -0.287. The van der Waals surface area contributed by atoms with Crippen molar-refractivity contribution in [3.8, 4) is 0 Å². The van der Waals surface area contributed by atoms with Gasteiger partial charge in [0.25, 0.3) is 5.56 Å². The molecule has 120 valence electrons. The number of urea groups is 1. The van der Waals surface area contributed by atoms with Crippen LogP contribution in [0.15, 0.2) is 47.3 Å². The lowest BCUT2D eigenvalue weighted by atomic mass is 9.90. The van der Waals surface area contributed by atoms with Crippen molar-refractivity contribution in [2.45, 2.75) is 19.3 Å². The van der Waals surface area contributed by atoms with E-state index in [1.54, 1.807) is 4.90 Å². The number of likely N-dealkylation sites (tertiary alicyclic amines) is 1. The largest absolute Gasteiger partial charge is 0.324 e.